The van der Waals surface area contributed by atoms with Crippen LogP contribution < -0.4 is 0 Å². The molecule has 0 radical (unpaired) electrons. The molecule has 1 amide bonds. The molecule has 25 heavy (non-hydrogen) atoms. The molecule has 132 valence electrons. The molecule has 1 heterocycles. The fourth-order valence-electron chi connectivity index (χ4n) is 3.03. The first kappa shape index (κ1) is 18.2. The zero-order chi connectivity index (χ0) is 17.6. The summed E-state index contributed by atoms with van der Waals surface area (Å²) >= 11 is 12.2. The highest BCUT2D eigenvalue weighted by molar-refractivity contribution is 6.35. The summed E-state index contributed by atoms with van der Waals surface area (Å²) in [6.07, 6.45) is 2.44. The van der Waals surface area contributed by atoms with Crippen molar-refractivity contribution in [3.63, 3.8) is 0 Å². The van der Waals surface area contributed by atoms with Gasteiger partial charge in [0.25, 0.3) is 0 Å². The number of benzene rings is 2. The van der Waals surface area contributed by atoms with Crippen LogP contribution in [0.5, 0.6) is 0 Å². The molecule has 1 atom stereocenters. The Kier molecular flexibility index (Phi) is 6.35. The Morgan fingerprint density at radius 3 is 2.64 bits per heavy atom. The Labute approximate surface area is 158 Å². The number of halogens is 2. The second-order valence-corrected chi connectivity index (χ2v) is 7.15. The Balaban J connectivity index is 1.73. The van der Waals surface area contributed by atoms with Gasteiger partial charge >= 0.3 is 0 Å². The van der Waals surface area contributed by atoms with Crippen molar-refractivity contribution in [3.8, 4) is 0 Å². The second-order valence-electron chi connectivity index (χ2n) is 6.31. The van der Waals surface area contributed by atoms with Crippen molar-refractivity contribution < 1.29 is 9.53 Å². The average molecular weight is 378 g/mol. The van der Waals surface area contributed by atoms with E-state index in [2.05, 4.69) is 0 Å². The lowest BCUT2D eigenvalue weighted by molar-refractivity contribution is -0.132. The molecule has 3 nitrogen and oxygen atoms in total. The second kappa shape index (κ2) is 8.70. The first-order chi connectivity index (χ1) is 12.1. The number of ether oxygens (including phenoxy) is 1. The molecule has 1 aliphatic heterocycles. The van der Waals surface area contributed by atoms with Gasteiger partial charge in [-0.15, -0.1) is 0 Å². The molecule has 1 saturated heterocycles. The fourth-order valence-corrected chi connectivity index (χ4v) is 3.51. The molecule has 3 rings (SSSR count). The van der Waals surface area contributed by atoms with E-state index >= 15 is 0 Å². The van der Waals surface area contributed by atoms with E-state index in [1.54, 1.807) is 12.1 Å². The molecule has 0 bridgehead atoms. The standard InChI is InChI=1S/C20H21Cl2NO2/c21-17-9-8-16(19(22)12-17)11-20(24)23(14-18-7-4-10-25-18)13-15-5-2-1-3-6-15/h1-3,5-6,8-9,12,18H,4,7,10-11,13-14H2. The molecule has 0 spiro atoms. The van der Waals surface area contributed by atoms with Gasteiger partial charge in [0.05, 0.1) is 12.5 Å². The summed E-state index contributed by atoms with van der Waals surface area (Å²) in [5.74, 6) is 0.0450. The maximum absolute atomic E-state index is 12.9. The van der Waals surface area contributed by atoms with E-state index in [9.17, 15) is 4.79 Å². The smallest absolute Gasteiger partial charge is 0.227 e. The van der Waals surface area contributed by atoms with Gasteiger partial charge in [-0.1, -0.05) is 59.6 Å². The van der Waals surface area contributed by atoms with Gasteiger partial charge in [0.2, 0.25) is 5.91 Å². The number of carbonyl (C=O) groups excluding carboxylic acids is 1. The molecule has 5 heteroatoms. The summed E-state index contributed by atoms with van der Waals surface area (Å²) in [5, 5.41) is 1.10. The Morgan fingerprint density at radius 1 is 1.16 bits per heavy atom. The van der Waals surface area contributed by atoms with Crippen LogP contribution in [-0.2, 0) is 22.5 Å². The lowest BCUT2D eigenvalue weighted by Crippen LogP contribution is -2.37. The van der Waals surface area contributed by atoms with E-state index in [0.29, 0.717) is 23.1 Å². The van der Waals surface area contributed by atoms with Crippen LogP contribution in [0.2, 0.25) is 10.0 Å². The third-order valence-electron chi connectivity index (χ3n) is 4.37. The van der Waals surface area contributed by atoms with Crippen molar-refractivity contribution in [1.29, 1.82) is 0 Å². The highest BCUT2D eigenvalue weighted by atomic mass is 35.5. The van der Waals surface area contributed by atoms with Gasteiger partial charge in [0.15, 0.2) is 0 Å². The number of hydrogen-bond donors (Lipinski definition) is 0. The molecule has 1 fully saturated rings. The number of nitrogens with zero attached hydrogens (tertiary/aromatic N) is 1. The molecule has 1 unspecified atom stereocenters. The Hall–Kier alpha value is -1.55. The van der Waals surface area contributed by atoms with E-state index in [4.69, 9.17) is 27.9 Å². The van der Waals surface area contributed by atoms with Gasteiger partial charge in [0.1, 0.15) is 0 Å². The first-order valence-electron chi connectivity index (χ1n) is 8.49. The minimum absolute atomic E-state index is 0.0450. The first-order valence-corrected chi connectivity index (χ1v) is 9.24. The molecule has 2 aromatic rings. The van der Waals surface area contributed by atoms with E-state index in [1.165, 1.54) is 0 Å². The van der Waals surface area contributed by atoms with E-state index in [-0.39, 0.29) is 18.4 Å². The molecule has 0 aliphatic carbocycles. The van der Waals surface area contributed by atoms with Crippen LogP contribution in [0.3, 0.4) is 0 Å². The summed E-state index contributed by atoms with van der Waals surface area (Å²) in [6, 6.07) is 15.3. The minimum Gasteiger partial charge on any atom is -0.376 e. The summed E-state index contributed by atoms with van der Waals surface area (Å²) in [6.45, 7) is 1.96. The molecule has 1 aliphatic rings. The molecule has 0 N–H and O–H groups in total. The predicted octanol–water partition coefficient (Wildman–Crippen LogP) is 4.74. The van der Waals surface area contributed by atoms with Gasteiger partial charge in [-0.25, -0.2) is 0 Å². The normalized spacial score (nSPS) is 16.8. The molecule has 0 aromatic heterocycles. The van der Waals surface area contributed by atoms with E-state index in [1.807, 2.05) is 41.3 Å². The van der Waals surface area contributed by atoms with Crippen molar-refractivity contribution >= 4 is 29.1 Å². The lowest BCUT2D eigenvalue weighted by Gasteiger charge is -2.26. The van der Waals surface area contributed by atoms with Crippen LogP contribution in [0.1, 0.15) is 24.0 Å². The van der Waals surface area contributed by atoms with Gasteiger partial charge < -0.3 is 9.64 Å². The predicted molar refractivity (Wildman–Crippen MR) is 101 cm³/mol. The van der Waals surface area contributed by atoms with Crippen LogP contribution in [0.15, 0.2) is 48.5 Å². The van der Waals surface area contributed by atoms with Crippen LogP contribution in [0.25, 0.3) is 0 Å². The molecule has 0 saturated carbocycles. The summed E-state index contributed by atoms with van der Waals surface area (Å²) in [4.78, 5) is 14.8. The highest BCUT2D eigenvalue weighted by Crippen LogP contribution is 2.23. The van der Waals surface area contributed by atoms with Gasteiger partial charge in [-0.05, 0) is 36.1 Å². The van der Waals surface area contributed by atoms with Crippen molar-refractivity contribution in [2.75, 3.05) is 13.2 Å². The zero-order valence-electron chi connectivity index (χ0n) is 14.0. The van der Waals surface area contributed by atoms with Crippen LogP contribution in [-0.4, -0.2) is 30.1 Å². The Bertz CT molecular complexity index is 715. The summed E-state index contributed by atoms with van der Waals surface area (Å²) < 4.78 is 5.72. The van der Waals surface area contributed by atoms with Gasteiger partial charge in [-0.3, -0.25) is 4.79 Å². The van der Waals surface area contributed by atoms with E-state index < -0.39 is 0 Å². The highest BCUT2D eigenvalue weighted by Gasteiger charge is 2.23. The maximum Gasteiger partial charge on any atom is 0.227 e. The summed E-state index contributed by atoms with van der Waals surface area (Å²) in [7, 11) is 0. The molecular formula is C20H21Cl2NO2. The lowest BCUT2D eigenvalue weighted by atomic mass is 10.1. The largest absolute Gasteiger partial charge is 0.376 e. The van der Waals surface area contributed by atoms with E-state index in [0.717, 1.165) is 30.6 Å². The maximum atomic E-state index is 12.9. The number of rotatable bonds is 6. The number of carbonyl (C=O) groups is 1. The summed E-state index contributed by atoms with van der Waals surface area (Å²) in [5.41, 5.74) is 1.90. The van der Waals surface area contributed by atoms with Crippen LogP contribution in [0.4, 0.5) is 0 Å². The number of amides is 1. The minimum atomic E-state index is 0.0450. The monoisotopic (exact) mass is 377 g/mol. The third kappa shape index (κ3) is 5.21. The Morgan fingerprint density at radius 2 is 1.96 bits per heavy atom. The molecular weight excluding hydrogens is 357 g/mol. The fraction of sp³-hybridized carbons (Fsp3) is 0.350. The molecule has 2 aromatic carbocycles. The van der Waals surface area contributed by atoms with Crippen molar-refractivity contribution in [1.82, 2.24) is 4.90 Å². The van der Waals surface area contributed by atoms with Crippen molar-refractivity contribution in [3.05, 3.63) is 69.7 Å². The topological polar surface area (TPSA) is 29.5 Å². The van der Waals surface area contributed by atoms with Crippen LogP contribution >= 0.6 is 23.2 Å². The van der Waals surface area contributed by atoms with Crippen molar-refractivity contribution in [2.45, 2.75) is 31.9 Å². The SMILES string of the molecule is O=C(Cc1ccc(Cl)cc1Cl)N(Cc1ccccc1)CC1CCCO1. The average Bonchev–Trinajstić information content (AvgIpc) is 3.11. The van der Waals surface area contributed by atoms with Gasteiger partial charge in [-0.2, -0.15) is 0 Å². The van der Waals surface area contributed by atoms with Gasteiger partial charge in [0, 0.05) is 29.7 Å². The zero-order valence-corrected chi connectivity index (χ0v) is 15.5. The number of hydrogen-bond acceptors (Lipinski definition) is 2. The quantitative estimate of drug-likeness (QED) is 0.727. The third-order valence-corrected chi connectivity index (χ3v) is 4.96. The van der Waals surface area contributed by atoms with Crippen molar-refractivity contribution in [2.24, 2.45) is 0 Å². The van der Waals surface area contributed by atoms with Crippen LogP contribution in [0, 0.1) is 0 Å².